The standard InChI is InChI=1S/C10H10N4O2/c1-6(15)14-10(16)8-5-3-2-4-7(8)9(12-11)13-14/h2-5H,11H2,1H3,(H,12,13). The molecular formula is C10H10N4O2. The Morgan fingerprint density at radius 2 is 2.00 bits per heavy atom. The van der Waals surface area contributed by atoms with E-state index >= 15 is 0 Å². The van der Waals surface area contributed by atoms with Crippen LogP contribution >= 0.6 is 0 Å². The molecule has 1 aromatic heterocycles. The van der Waals surface area contributed by atoms with Gasteiger partial charge in [0.2, 0.25) is 5.91 Å². The molecule has 0 saturated carbocycles. The van der Waals surface area contributed by atoms with Crippen LogP contribution < -0.4 is 16.8 Å². The smallest absolute Gasteiger partial charge is 0.282 e. The Morgan fingerprint density at radius 3 is 2.56 bits per heavy atom. The predicted octanol–water partition coefficient (Wildman–Crippen LogP) is 0.342. The molecule has 1 aromatic carbocycles. The lowest BCUT2D eigenvalue weighted by molar-refractivity contribution is 0.0916. The molecule has 0 bridgehead atoms. The van der Waals surface area contributed by atoms with Crippen LogP contribution in [0, 0.1) is 0 Å². The van der Waals surface area contributed by atoms with Crippen LogP contribution in [0.4, 0.5) is 5.82 Å². The normalized spacial score (nSPS) is 10.4. The Bertz CT molecular complexity index is 618. The number of carbonyl (C=O) groups is 1. The number of rotatable bonds is 1. The van der Waals surface area contributed by atoms with Crippen molar-refractivity contribution in [1.29, 1.82) is 0 Å². The van der Waals surface area contributed by atoms with E-state index in [-0.39, 0.29) is 0 Å². The fourth-order valence-electron chi connectivity index (χ4n) is 1.51. The molecule has 0 aliphatic heterocycles. The van der Waals surface area contributed by atoms with Gasteiger partial charge >= 0.3 is 0 Å². The van der Waals surface area contributed by atoms with Crippen LogP contribution in [0.25, 0.3) is 10.8 Å². The second-order valence-corrected chi connectivity index (χ2v) is 3.27. The first-order chi connectivity index (χ1) is 7.65. The van der Waals surface area contributed by atoms with Crippen LogP contribution in [-0.2, 0) is 0 Å². The molecule has 1 heterocycles. The minimum absolute atomic E-state index is 0.297. The molecule has 0 fully saturated rings. The monoisotopic (exact) mass is 218 g/mol. The molecule has 2 rings (SSSR count). The summed E-state index contributed by atoms with van der Waals surface area (Å²) < 4.78 is 0.789. The molecule has 0 aliphatic carbocycles. The van der Waals surface area contributed by atoms with E-state index in [0.717, 1.165) is 4.68 Å². The van der Waals surface area contributed by atoms with Gasteiger partial charge in [-0.15, -0.1) is 5.10 Å². The van der Waals surface area contributed by atoms with Crippen LogP contribution in [0.15, 0.2) is 29.1 Å². The Hall–Kier alpha value is -2.21. The first-order valence-corrected chi connectivity index (χ1v) is 4.65. The lowest BCUT2D eigenvalue weighted by atomic mass is 10.2. The zero-order valence-electron chi connectivity index (χ0n) is 8.60. The number of anilines is 1. The summed E-state index contributed by atoms with van der Waals surface area (Å²) in [4.78, 5) is 23.1. The van der Waals surface area contributed by atoms with Gasteiger partial charge in [0, 0.05) is 12.3 Å². The van der Waals surface area contributed by atoms with Gasteiger partial charge in [-0.2, -0.15) is 4.68 Å². The summed E-state index contributed by atoms with van der Waals surface area (Å²) in [6, 6.07) is 6.82. The maximum atomic E-state index is 11.8. The van der Waals surface area contributed by atoms with Crippen molar-refractivity contribution in [1.82, 2.24) is 9.78 Å². The third-order valence-electron chi connectivity index (χ3n) is 2.24. The second-order valence-electron chi connectivity index (χ2n) is 3.27. The average Bonchev–Trinajstić information content (AvgIpc) is 2.29. The third-order valence-corrected chi connectivity index (χ3v) is 2.24. The molecule has 2 aromatic rings. The summed E-state index contributed by atoms with van der Waals surface area (Å²) in [5.41, 5.74) is 1.93. The quantitative estimate of drug-likeness (QED) is 0.532. The molecule has 82 valence electrons. The number of nitrogens with zero attached hydrogens (tertiary/aromatic N) is 2. The van der Waals surface area contributed by atoms with Gasteiger partial charge in [0.25, 0.3) is 5.56 Å². The van der Waals surface area contributed by atoms with Crippen LogP contribution in [0.5, 0.6) is 0 Å². The van der Waals surface area contributed by atoms with E-state index in [0.29, 0.717) is 16.6 Å². The zero-order chi connectivity index (χ0) is 11.7. The molecule has 0 radical (unpaired) electrons. The first kappa shape index (κ1) is 10.3. The average molecular weight is 218 g/mol. The highest BCUT2D eigenvalue weighted by atomic mass is 16.2. The molecular weight excluding hydrogens is 208 g/mol. The number of aromatic nitrogens is 2. The maximum Gasteiger partial charge on any atom is 0.282 e. The SMILES string of the molecule is CC(=O)n1nc(NN)c2ccccc2c1=O. The third kappa shape index (κ3) is 1.45. The van der Waals surface area contributed by atoms with Crippen LogP contribution in [0.1, 0.15) is 11.7 Å². The van der Waals surface area contributed by atoms with E-state index in [1.165, 1.54) is 6.92 Å². The minimum atomic E-state index is -0.452. The number of benzene rings is 1. The van der Waals surface area contributed by atoms with E-state index < -0.39 is 11.5 Å². The van der Waals surface area contributed by atoms with Crippen LogP contribution in [0.2, 0.25) is 0 Å². The van der Waals surface area contributed by atoms with Gasteiger partial charge in [-0.1, -0.05) is 18.2 Å². The van der Waals surface area contributed by atoms with Crippen molar-refractivity contribution in [3.05, 3.63) is 34.6 Å². The van der Waals surface area contributed by atoms with E-state index in [2.05, 4.69) is 10.5 Å². The molecule has 0 unspecified atom stereocenters. The van der Waals surface area contributed by atoms with Crippen LogP contribution in [-0.4, -0.2) is 15.7 Å². The fraction of sp³-hybridized carbons (Fsp3) is 0.100. The number of nitrogens with one attached hydrogen (secondary N) is 1. The van der Waals surface area contributed by atoms with Crippen molar-refractivity contribution in [2.45, 2.75) is 6.92 Å². The van der Waals surface area contributed by atoms with Crippen molar-refractivity contribution < 1.29 is 4.79 Å². The summed E-state index contributed by atoms with van der Waals surface area (Å²) in [6.45, 7) is 1.27. The zero-order valence-corrected chi connectivity index (χ0v) is 8.60. The molecule has 16 heavy (non-hydrogen) atoms. The fourth-order valence-corrected chi connectivity index (χ4v) is 1.51. The van der Waals surface area contributed by atoms with Crippen molar-refractivity contribution in [3.8, 4) is 0 Å². The summed E-state index contributed by atoms with van der Waals surface area (Å²) in [5, 5.41) is 4.83. The summed E-state index contributed by atoms with van der Waals surface area (Å²) in [6.07, 6.45) is 0. The molecule has 0 atom stereocenters. The molecule has 3 N–H and O–H groups in total. The predicted molar refractivity (Wildman–Crippen MR) is 60.1 cm³/mol. The Kier molecular flexibility index (Phi) is 2.41. The molecule has 0 spiro atoms. The number of hydrogen-bond donors (Lipinski definition) is 2. The van der Waals surface area contributed by atoms with Crippen LogP contribution in [0.3, 0.4) is 0 Å². The number of hydrazine groups is 1. The van der Waals surface area contributed by atoms with Gasteiger partial charge < -0.3 is 5.43 Å². The van der Waals surface area contributed by atoms with E-state index in [1.807, 2.05) is 0 Å². The number of nitrogen functional groups attached to an aromatic ring is 1. The van der Waals surface area contributed by atoms with Gasteiger partial charge in [-0.25, -0.2) is 5.84 Å². The Balaban J connectivity index is 2.94. The largest absolute Gasteiger partial charge is 0.306 e. The highest BCUT2D eigenvalue weighted by Crippen LogP contribution is 2.16. The van der Waals surface area contributed by atoms with Gasteiger partial charge in [-0.3, -0.25) is 9.59 Å². The highest BCUT2D eigenvalue weighted by Gasteiger charge is 2.11. The number of fused-ring (bicyclic) bond motifs is 1. The van der Waals surface area contributed by atoms with Crippen molar-refractivity contribution in [2.24, 2.45) is 5.84 Å². The van der Waals surface area contributed by atoms with Gasteiger partial charge in [0.1, 0.15) is 0 Å². The molecule has 0 saturated heterocycles. The molecule has 0 aliphatic rings. The topological polar surface area (TPSA) is 90.0 Å². The number of nitrogens with two attached hydrogens (primary N) is 1. The van der Waals surface area contributed by atoms with E-state index in [1.54, 1.807) is 24.3 Å². The summed E-state index contributed by atoms with van der Waals surface area (Å²) in [5.74, 6) is 5.14. The van der Waals surface area contributed by atoms with E-state index in [9.17, 15) is 9.59 Å². The van der Waals surface area contributed by atoms with E-state index in [4.69, 9.17) is 5.84 Å². The van der Waals surface area contributed by atoms with Crippen molar-refractivity contribution in [3.63, 3.8) is 0 Å². The number of carbonyl (C=O) groups excluding carboxylic acids is 1. The first-order valence-electron chi connectivity index (χ1n) is 4.65. The highest BCUT2D eigenvalue weighted by molar-refractivity contribution is 5.92. The van der Waals surface area contributed by atoms with Gasteiger partial charge in [0.05, 0.1) is 5.39 Å². The lowest BCUT2D eigenvalue weighted by Crippen LogP contribution is -2.29. The van der Waals surface area contributed by atoms with Crippen molar-refractivity contribution >= 4 is 22.5 Å². The van der Waals surface area contributed by atoms with Crippen molar-refractivity contribution in [2.75, 3.05) is 5.43 Å². The minimum Gasteiger partial charge on any atom is -0.306 e. The molecule has 6 nitrogen and oxygen atoms in total. The van der Waals surface area contributed by atoms with Gasteiger partial charge in [0.15, 0.2) is 5.82 Å². The summed E-state index contributed by atoms with van der Waals surface area (Å²) in [7, 11) is 0. The van der Waals surface area contributed by atoms with Gasteiger partial charge in [-0.05, 0) is 6.07 Å². The second kappa shape index (κ2) is 3.74. The maximum absolute atomic E-state index is 11.8. The Labute approximate surface area is 90.6 Å². The lowest BCUT2D eigenvalue weighted by Gasteiger charge is -2.07. The molecule has 6 heteroatoms. The molecule has 0 amide bonds. The summed E-state index contributed by atoms with van der Waals surface area (Å²) >= 11 is 0. The number of hydrogen-bond acceptors (Lipinski definition) is 5. The Morgan fingerprint density at radius 1 is 1.38 bits per heavy atom.